The summed E-state index contributed by atoms with van der Waals surface area (Å²) in [5.41, 5.74) is 1.91. The lowest BCUT2D eigenvalue weighted by Gasteiger charge is -2.25. The molecule has 30 heavy (non-hydrogen) atoms. The maximum absolute atomic E-state index is 12.9. The predicted octanol–water partition coefficient (Wildman–Crippen LogP) is 2.17. The van der Waals surface area contributed by atoms with Crippen molar-refractivity contribution in [2.45, 2.75) is 25.8 Å². The fourth-order valence-corrected chi connectivity index (χ4v) is 3.27. The molecular formula is C20H20N4O6. The summed E-state index contributed by atoms with van der Waals surface area (Å²) < 4.78 is 5.32. The molecule has 0 spiro atoms. The standard InChI is InChI=1S/C20H20N4O6/c1-3-20(14-7-5-4-6-8-14)18(26)23(19(27)21-20)22-17(25)12-30-15-9-10-16(24(28)29)13(2)11-15/h4-11H,3,12H2,1-2H3,(H,21,27)(H,22,25)/t20-/m1/s1. The van der Waals surface area contributed by atoms with Crippen molar-refractivity contribution in [1.29, 1.82) is 0 Å². The van der Waals surface area contributed by atoms with Gasteiger partial charge in [-0.25, -0.2) is 4.79 Å². The van der Waals surface area contributed by atoms with E-state index >= 15 is 0 Å². The van der Waals surface area contributed by atoms with E-state index in [9.17, 15) is 24.5 Å². The van der Waals surface area contributed by atoms with Gasteiger partial charge in [-0.3, -0.25) is 25.1 Å². The molecule has 1 aliphatic rings. The number of nitrogens with zero attached hydrogens (tertiary/aromatic N) is 2. The SMILES string of the molecule is CC[C@]1(c2ccccc2)NC(=O)N(NC(=O)COc2ccc([N+](=O)[O-])c(C)c2)C1=O. The predicted molar refractivity (Wildman–Crippen MR) is 105 cm³/mol. The van der Waals surface area contributed by atoms with Gasteiger partial charge in [-0.1, -0.05) is 37.3 Å². The molecule has 0 radical (unpaired) electrons. The lowest BCUT2D eigenvalue weighted by molar-refractivity contribution is -0.385. The van der Waals surface area contributed by atoms with Gasteiger partial charge in [-0.2, -0.15) is 5.01 Å². The zero-order valence-corrected chi connectivity index (χ0v) is 16.4. The van der Waals surface area contributed by atoms with Gasteiger partial charge in [-0.15, -0.1) is 0 Å². The van der Waals surface area contributed by atoms with E-state index in [0.717, 1.165) is 0 Å². The summed E-state index contributed by atoms with van der Waals surface area (Å²) in [6.07, 6.45) is 0.298. The molecule has 0 aromatic heterocycles. The minimum absolute atomic E-state index is 0.0667. The highest BCUT2D eigenvalue weighted by atomic mass is 16.6. The van der Waals surface area contributed by atoms with Crippen LogP contribution in [-0.2, 0) is 15.1 Å². The van der Waals surface area contributed by atoms with Crippen molar-refractivity contribution in [3.63, 3.8) is 0 Å². The van der Waals surface area contributed by atoms with Crippen LogP contribution >= 0.6 is 0 Å². The highest BCUT2D eigenvalue weighted by molar-refractivity contribution is 6.08. The average molecular weight is 412 g/mol. The number of hydrogen-bond donors (Lipinski definition) is 2. The van der Waals surface area contributed by atoms with E-state index in [1.807, 2.05) is 0 Å². The first-order valence-corrected chi connectivity index (χ1v) is 9.18. The first kappa shape index (κ1) is 20.8. The monoisotopic (exact) mass is 412 g/mol. The quantitative estimate of drug-likeness (QED) is 0.407. The van der Waals surface area contributed by atoms with Crippen LogP contribution in [-0.4, -0.2) is 34.4 Å². The fourth-order valence-electron chi connectivity index (χ4n) is 3.27. The summed E-state index contributed by atoms with van der Waals surface area (Å²) in [6.45, 7) is 2.82. The third kappa shape index (κ3) is 3.79. The smallest absolute Gasteiger partial charge is 0.344 e. The van der Waals surface area contributed by atoms with E-state index in [2.05, 4.69) is 10.7 Å². The van der Waals surface area contributed by atoms with Gasteiger partial charge in [-0.05, 0) is 31.0 Å². The van der Waals surface area contributed by atoms with Crippen molar-refractivity contribution in [2.24, 2.45) is 0 Å². The Labute approximate surface area is 171 Å². The molecule has 1 aliphatic heterocycles. The van der Waals surface area contributed by atoms with E-state index < -0.39 is 34.9 Å². The molecule has 10 heteroatoms. The number of urea groups is 1. The van der Waals surface area contributed by atoms with Crippen LogP contribution < -0.4 is 15.5 Å². The second kappa shape index (κ2) is 8.19. The lowest BCUT2D eigenvalue weighted by atomic mass is 9.87. The maximum Gasteiger partial charge on any atom is 0.344 e. The second-order valence-electron chi connectivity index (χ2n) is 6.72. The van der Waals surface area contributed by atoms with Crippen molar-refractivity contribution in [2.75, 3.05) is 6.61 Å². The Morgan fingerprint density at radius 1 is 1.23 bits per heavy atom. The van der Waals surface area contributed by atoms with Crippen molar-refractivity contribution in [1.82, 2.24) is 15.8 Å². The molecule has 3 rings (SSSR count). The lowest BCUT2D eigenvalue weighted by Crippen LogP contribution is -2.49. The van der Waals surface area contributed by atoms with E-state index in [1.54, 1.807) is 44.2 Å². The number of nitrogens with one attached hydrogen (secondary N) is 2. The summed E-state index contributed by atoms with van der Waals surface area (Å²) >= 11 is 0. The van der Waals surface area contributed by atoms with E-state index in [4.69, 9.17) is 4.74 Å². The fraction of sp³-hybridized carbons (Fsp3) is 0.250. The van der Waals surface area contributed by atoms with Crippen LogP contribution in [0.25, 0.3) is 0 Å². The highest BCUT2D eigenvalue weighted by Crippen LogP contribution is 2.31. The Kier molecular flexibility index (Phi) is 5.67. The summed E-state index contributed by atoms with van der Waals surface area (Å²) in [5, 5.41) is 14.2. The van der Waals surface area contributed by atoms with Crippen LogP contribution in [0.5, 0.6) is 5.75 Å². The number of amides is 4. The van der Waals surface area contributed by atoms with Gasteiger partial charge in [0.2, 0.25) is 0 Å². The van der Waals surface area contributed by atoms with Crippen LogP contribution in [0.4, 0.5) is 10.5 Å². The number of imide groups is 1. The largest absolute Gasteiger partial charge is 0.484 e. The number of hydrazine groups is 1. The highest BCUT2D eigenvalue weighted by Gasteiger charge is 2.52. The normalized spacial score (nSPS) is 18.1. The van der Waals surface area contributed by atoms with Crippen LogP contribution in [0.15, 0.2) is 48.5 Å². The Morgan fingerprint density at radius 3 is 2.53 bits per heavy atom. The Bertz CT molecular complexity index is 1010. The molecule has 2 aromatic rings. The molecule has 1 fully saturated rings. The van der Waals surface area contributed by atoms with Crippen molar-refractivity contribution in [3.05, 3.63) is 69.8 Å². The Balaban J connectivity index is 1.67. The molecule has 1 atom stereocenters. The molecular weight excluding hydrogens is 392 g/mol. The van der Waals surface area contributed by atoms with Gasteiger partial charge >= 0.3 is 6.03 Å². The molecule has 0 bridgehead atoms. The molecule has 2 N–H and O–H groups in total. The molecule has 0 unspecified atom stereocenters. The number of benzene rings is 2. The maximum atomic E-state index is 12.9. The number of carbonyl (C=O) groups excluding carboxylic acids is 3. The van der Waals surface area contributed by atoms with Crippen molar-refractivity contribution < 1.29 is 24.0 Å². The third-order valence-electron chi connectivity index (χ3n) is 4.86. The molecule has 0 aliphatic carbocycles. The van der Waals surface area contributed by atoms with Gasteiger partial charge < -0.3 is 10.1 Å². The molecule has 2 aromatic carbocycles. The van der Waals surface area contributed by atoms with E-state index in [1.165, 1.54) is 18.2 Å². The summed E-state index contributed by atoms with van der Waals surface area (Å²) in [6, 6.07) is 12.1. The summed E-state index contributed by atoms with van der Waals surface area (Å²) in [4.78, 5) is 47.9. The number of nitro benzene ring substituents is 1. The topological polar surface area (TPSA) is 131 Å². The number of ether oxygens (including phenoxy) is 1. The van der Waals surface area contributed by atoms with Crippen LogP contribution in [0, 0.1) is 17.0 Å². The minimum atomic E-state index is -1.26. The van der Waals surface area contributed by atoms with Crippen molar-refractivity contribution >= 4 is 23.5 Å². The number of hydrogen-bond acceptors (Lipinski definition) is 6. The zero-order valence-electron chi connectivity index (χ0n) is 16.4. The van der Waals surface area contributed by atoms with E-state index in [0.29, 0.717) is 22.6 Å². The Hall–Kier alpha value is -3.95. The second-order valence-corrected chi connectivity index (χ2v) is 6.72. The third-order valence-corrected chi connectivity index (χ3v) is 4.86. The zero-order chi connectivity index (χ0) is 21.9. The van der Waals surface area contributed by atoms with E-state index in [-0.39, 0.29) is 11.4 Å². The molecule has 4 amide bonds. The molecule has 10 nitrogen and oxygen atoms in total. The Morgan fingerprint density at radius 2 is 1.93 bits per heavy atom. The summed E-state index contributed by atoms with van der Waals surface area (Å²) in [5.74, 6) is -1.08. The van der Waals surface area contributed by atoms with Gasteiger partial charge in [0.25, 0.3) is 17.5 Å². The van der Waals surface area contributed by atoms with Crippen LogP contribution in [0.1, 0.15) is 24.5 Å². The van der Waals surface area contributed by atoms with Gasteiger partial charge in [0, 0.05) is 11.6 Å². The van der Waals surface area contributed by atoms with Gasteiger partial charge in [0.05, 0.1) is 4.92 Å². The van der Waals surface area contributed by atoms with Gasteiger partial charge in [0.1, 0.15) is 11.3 Å². The number of rotatable bonds is 7. The summed E-state index contributed by atoms with van der Waals surface area (Å²) in [7, 11) is 0. The molecule has 1 saturated heterocycles. The van der Waals surface area contributed by atoms with Crippen LogP contribution in [0.3, 0.4) is 0 Å². The van der Waals surface area contributed by atoms with Gasteiger partial charge in [0.15, 0.2) is 6.61 Å². The molecule has 156 valence electrons. The first-order valence-electron chi connectivity index (χ1n) is 9.18. The number of nitro groups is 1. The molecule has 1 heterocycles. The minimum Gasteiger partial charge on any atom is -0.484 e. The number of carbonyl (C=O) groups is 3. The van der Waals surface area contributed by atoms with Crippen LogP contribution in [0.2, 0.25) is 0 Å². The molecule has 0 saturated carbocycles. The first-order chi connectivity index (χ1) is 14.3. The average Bonchev–Trinajstić information content (AvgIpc) is 2.97. The number of aryl methyl sites for hydroxylation is 1. The van der Waals surface area contributed by atoms with Crippen molar-refractivity contribution in [3.8, 4) is 5.75 Å².